The van der Waals surface area contributed by atoms with E-state index in [9.17, 15) is 0 Å². The molecule has 0 radical (unpaired) electrons. The Hall–Kier alpha value is 0.527. The van der Waals surface area contributed by atoms with Gasteiger partial charge in [-0.3, -0.25) is 0 Å². The normalized spacial score (nSPS) is 11.2. The van der Waals surface area contributed by atoms with Crippen LogP contribution in [0.4, 0.5) is 0 Å². The molecule has 0 spiro atoms. The molecule has 0 saturated heterocycles. The summed E-state index contributed by atoms with van der Waals surface area (Å²) in [5.74, 6) is 1.28. The van der Waals surface area contributed by atoms with Crippen molar-refractivity contribution in [1.82, 2.24) is 0 Å². The minimum Gasteiger partial charge on any atom is -0.424 e. The molecule has 8 heavy (non-hydrogen) atoms. The summed E-state index contributed by atoms with van der Waals surface area (Å²) in [5.41, 5.74) is 0. The van der Waals surface area contributed by atoms with E-state index in [2.05, 4.69) is 13.2 Å². The van der Waals surface area contributed by atoms with Crippen molar-refractivity contribution in [3.8, 4) is 0 Å². The van der Waals surface area contributed by atoms with E-state index in [1.165, 1.54) is 11.8 Å². The summed E-state index contributed by atoms with van der Waals surface area (Å²) in [5, 5.41) is 0. The monoisotopic (exact) mass is 150 g/mol. The maximum atomic E-state index is 5.26. The van der Waals surface area contributed by atoms with Crippen LogP contribution in [0.25, 0.3) is 0 Å². The lowest BCUT2D eigenvalue weighted by Gasteiger charge is -1.95. The Morgan fingerprint density at radius 3 is 2.88 bits per heavy atom. The van der Waals surface area contributed by atoms with Crippen LogP contribution in [0.2, 0.25) is 6.04 Å². The summed E-state index contributed by atoms with van der Waals surface area (Å²) < 4.78 is 5.26. The molecular weight excluding hydrogens is 136 g/mol. The minimum absolute atomic E-state index is 0.121. The van der Waals surface area contributed by atoms with Gasteiger partial charge in [0.25, 0.3) is 0 Å². The third-order valence-corrected chi connectivity index (χ3v) is 3.39. The van der Waals surface area contributed by atoms with E-state index in [1.54, 1.807) is 0 Å². The zero-order valence-corrected chi connectivity index (χ0v) is 7.88. The molecule has 0 unspecified atom stereocenters. The van der Waals surface area contributed by atoms with Gasteiger partial charge < -0.3 is 4.43 Å². The van der Waals surface area contributed by atoms with Crippen molar-refractivity contribution < 1.29 is 4.43 Å². The van der Waals surface area contributed by atoms with Crippen LogP contribution in [-0.2, 0) is 4.43 Å². The molecule has 0 aliphatic carbocycles. The topological polar surface area (TPSA) is 9.23 Å². The van der Waals surface area contributed by atoms with Crippen LogP contribution < -0.4 is 0 Å². The first-order valence-electron chi connectivity index (χ1n) is 2.98. The molecule has 0 rings (SSSR count). The van der Waals surface area contributed by atoms with Gasteiger partial charge in [-0.05, 0) is 25.0 Å². The second kappa shape index (κ2) is 7.53. The molecule has 0 aromatic heterocycles. The van der Waals surface area contributed by atoms with E-state index in [1.807, 2.05) is 11.8 Å². The quantitative estimate of drug-likeness (QED) is 0.425. The Morgan fingerprint density at radius 1 is 1.62 bits per heavy atom. The maximum absolute atomic E-state index is 5.26. The highest BCUT2D eigenvalue weighted by Gasteiger charge is 1.84. The Labute approximate surface area is 58.1 Å². The summed E-state index contributed by atoms with van der Waals surface area (Å²) >= 11 is 1.91. The van der Waals surface area contributed by atoms with Gasteiger partial charge in [0.2, 0.25) is 0 Å². The van der Waals surface area contributed by atoms with Gasteiger partial charge in [0.1, 0.15) is 0 Å². The fourth-order valence-corrected chi connectivity index (χ4v) is 2.57. The van der Waals surface area contributed by atoms with E-state index in [-0.39, 0.29) is 9.76 Å². The van der Waals surface area contributed by atoms with Gasteiger partial charge in [0.15, 0.2) is 9.76 Å². The average molecular weight is 150 g/mol. The number of hydrogen-bond donors (Lipinski definition) is 0. The summed E-state index contributed by atoms with van der Waals surface area (Å²) in [4.78, 5) is 0. The van der Waals surface area contributed by atoms with Gasteiger partial charge in [0.05, 0.1) is 0 Å². The molecule has 0 atom stereocenters. The lowest BCUT2D eigenvalue weighted by molar-refractivity contribution is 0.361. The van der Waals surface area contributed by atoms with Crippen LogP contribution in [0.1, 0.15) is 6.92 Å². The highest BCUT2D eigenvalue weighted by atomic mass is 32.2. The Balaban J connectivity index is 2.53. The molecule has 50 valence electrons. The minimum atomic E-state index is -0.121. The van der Waals surface area contributed by atoms with Crippen LogP contribution in [0.15, 0.2) is 0 Å². The van der Waals surface area contributed by atoms with E-state index < -0.39 is 0 Å². The summed E-state index contributed by atoms with van der Waals surface area (Å²) in [7, 11) is -0.121. The predicted molar refractivity (Wildman–Crippen MR) is 43.4 cm³/mol. The average Bonchev–Trinajstić information content (AvgIpc) is 1.81. The van der Waals surface area contributed by atoms with Gasteiger partial charge >= 0.3 is 0 Å². The molecule has 0 aromatic carbocycles. The van der Waals surface area contributed by atoms with Gasteiger partial charge in [-0.1, -0.05) is 0 Å². The second-order valence-corrected chi connectivity index (χ2v) is 4.05. The standard InChI is InChI=1S/C5H14OSSi/c1-3-6-8-5-4-7-2/h3-5,8H2,1-2H3. The third-order valence-electron chi connectivity index (χ3n) is 0.841. The highest BCUT2D eigenvalue weighted by Crippen LogP contribution is 1.94. The molecule has 0 bridgehead atoms. The molecule has 0 fully saturated rings. The molecule has 0 saturated carbocycles. The first kappa shape index (κ1) is 8.53. The van der Waals surface area contributed by atoms with Crippen LogP contribution >= 0.6 is 11.8 Å². The lowest BCUT2D eigenvalue weighted by Crippen LogP contribution is -1.97. The molecule has 0 N–H and O–H groups in total. The van der Waals surface area contributed by atoms with Gasteiger partial charge in [0, 0.05) is 6.61 Å². The van der Waals surface area contributed by atoms with Crippen molar-refractivity contribution in [3.05, 3.63) is 0 Å². The maximum Gasteiger partial charge on any atom is 0.162 e. The van der Waals surface area contributed by atoms with Crippen molar-refractivity contribution >= 4 is 21.5 Å². The number of rotatable bonds is 5. The molecule has 0 aliphatic rings. The van der Waals surface area contributed by atoms with Crippen LogP contribution in [0.5, 0.6) is 0 Å². The fraction of sp³-hybridized carbons (Fsp3) is 1.00. The van der Waals surface area contributed by atoms with Crippen molar-refractivity contribution in [2.24, 2.45) is 0 Å². The van der Waals surface area contributed by atoms with Crippen molar-refractivity contribution in [3.63, 3.8) is 0 Å². The van der Waals surface area contributed by atoms with E-state index in [0.717, 1.165) is 6.61 Å². The number of hydrogen-bond acceptors (Lipinski definition) is 2. The van der Waals surface area contributed by atoms with Gasteiger partial charge in [-0.2, -0.15) is 11.8 Å². The SMILES string of the molecule is CCO[SiH2]CCSC. The van der Waals surface area contributed by atoms with E-state index >= 15 is 0 Å². The van der Waals surface area contributed by atoms with Crippen molar-refractivity contribution in [1.29, 1.82) is 0 Å². The van der Waals surface area contributed by atoms with Crippen LogP contribution in [0, 0.1) is 0 Å². The molecule has 0 amide bonds. The van der Waals surface area contributed by atoms with Crippen molar-refractivity contribution in [2.75, 3.05) is 18.6 Å². The zero-order valence-electron chi connectivity index (χ0n) is 5.64. The predicted octanol–water partition coefficient (Wildman–Crippen LogP) is 0.888. The molecular formula is C5H14OSSi. The summed E-state index contributed by atoms with van der Waals surface area (Å²) in [6.07, 6.45) is 2.14. The van der Waals surface area contributed by atoms with E-state index in [0.29, 0.717) is 0 Å². The zero-order chi connectivity index (χ0) is 6.24. The van der Waals surface area contributed by atoms with Gasteiger partial charge in [-0.15, -0.1) is 0 Å². The molecule has 0 heterocycles. The smallest absolute Gasteiger partial charge is 0.162 e. The molecule has 1 nitrogen and oxygen atoms in total. The second-order valence-electron chi connectivity index (χ2n) is 1.54. The fourth-order valence-electron chi connectivity index (χ4n) is 0.450. The third kappa shape index (κ3) is 6.53. The Kier molecular flexibility index (Phi) is 8.02. The Morgan fingerprint density at radius 2 is 2.38 bits per heavy atom. The number of thioether (sulfide) groups is 1. The molecule has 0 aromatic rings. The highest BCUT2D eigenvalue weighted by molar-refractivity contribution is 7.98. The van der Waals surface area contributed by atoms with Crippen LogP contribution in [0.3, 0.4) is 0 Å². The lowest BCUT2D eigenvalue weighted by atomic mass is 10.9. The Bertz CT molecular complexity index is 37.4. The summed E-state index contributed by atoms with van der Waals surface area (Å²) in [6.45, 7) is 2.98. The summed E-state index contributed by atoms with van der Waals surface area (Å²) in [6, 6.07) is 1.33. The largest absolute Gasteiger partial charge is 0.424 e. The van der Waals surface area contributed by atoms with Crippen molar-refractivity contribution in [2.45, 2.75) is 13.0 Å². The van der Waals surface area contributed by atoms with Gasteiger partial charge in [-0.25, -0.2) is 0 Å². The van der Waals surface area contributed by atoms with E-state index in [4.69, 9.17) is 4.43 Å². The van der Waals surface area contributed by atoms with Crippen LogP contribution in [-0.4, -0.2) is 28.4 Å². The molecule has 0 aliphatic heterocycles. The first-order valence-corrected chi connectivity index (χ1v) is 5.95. The first-order chi connectivity index (χ1) is 3.91. The molecule has 3 heteroatoms.